The standard InChI is InChI=1S/C73H108N6O17/c1-17-43(28-29-45-31-46(32-49(74)64(45)84)96-53-35-73(91,54(81)36-80)34-48-57(53)67(87)58-59(69(48)95-40(8)9)65(85)47-25-21-27-51(92-14)56(47)66(58)86)62(78(13)72(90)60(37(2)3)76-71(89)61(38(4)5)77(12)39(6)7)52(93-15)33-55(82)79-30-22-26-50(79)68(94-16)41(10)70(88)75-42(11)63(83)44-23-19-18-20-24-44/h18-21,23-25,27,37-43,45-46,49-50,52-53,60-64,68,80,83-84,87,91H,17,22,26,28-36,74H2,1-16H3,(H,75,88)(H,76,89)/t41?,42?,43?,45-,46?,49+,50?,52?,53+,60+,61?,62?,63?,64-,68?,73+/m1/s1. The number of methoxy groups -OCH3 is 3. The molecule has 2 fully saturated rings. The number of likely N-dealkylation sites (tertiary alicyclic amines) is 1. The van der Waals surface area contributed by atoms with E-state index in [2.05, 4.69) is 10.6 Å². The number of ether oxygens (including phenoxy) is 5. The smallest absolute Gasteiger partial charge is 0.245 e. The van der Waals surface area contributed by atoms with Gasteiger partial charge in [-0.15, -0.1) is 0 Å². The van der Waals surface area contributed by atoms with Gasteiger partial charge in [-0.2, -0.15) is 0 Å². The number of carbonyl (C=O) groups is 7. The molecule has 0 aromatic heterocycles. The number of likely N-dealkylation sites (N-methyl/N-ethyl adjacent to an activating group) is 2. The second-order valence-corrected chi connectivity index (χ2v) is 28.4. The molecule has 1 heterocycles. The molecule has 0 bridgehead atoms. The maximum absolute atomic E-state index is 15.5. The number of aromatic hydroxyl groups is 1. The van der Waals surface area contributed by atoms with Gasteiger partial charge in [0.15, 0.2) is 11.6 Å². The van der Waals surface area contributed by atoms with Crippen LogP contribution in [0.4, 0.5) is 0 Å². The number of nitrogens with two attached hydrogens (primary N) is 1. The Morgan fingerprint density at radius 1 is 0.844 bits per heavy atom. The number of amides is 4. The third-order valence-electron chi connectivity index (χ3n) is 20.8. The second-order valence-electron chi connectivity index (χ2n) is 28.4. The molecular weight excluding hydrogens is 1230 g/mol. The lowest BCUT2D eigenvalue weighted by atomic mass is 9.71. The lowest BCUT2D eigenvalue weighted by Crippen LogP contribution is -2.60. The number of fused-ring (bicyclic) bond motifs is 3. The molecular formula is C73H108N6O17. The van der Waals surface area contributed by atoms with Gasteiger partial charge in [0, 0.05) is 69.4 Å². The fourth-order valence-corrected chi connectivity index (χ4v) is 15.3. The molecule has 1 aliphatic heterocycles. The quantitative estimate of drug-likeness (QED) is 0.0280. The number of nitrogens with one attached hydrogen (secondary N) is 2. The van der Waals surface area contributed by atoms with Crippen molar-refractivity contribution in [3.63, 3.8) is 0 Å². The minimum Gasteiger partial charge on any atom is -0.507 e. The number of carbonyl (C=O) groups excluding carboxylic acids is 7. The number of Topliss-reactive ketones (excluding diaryl/α,β-unsaturated/α-hetero) is 1. The number of aliphatic hydroxyl groups is 4. The number of phenolic OH excluding ortho intramolecular Hbond substituents is 1. The third-order valence-corrected chi connectivity index (χ3v) is 20.8. The first-order valence-electron chi connectivity index (χ1n) is 34.3. The monoisotopic (exact) mass is 1340 g/mol. The molecule has 0 spiro atoms. The first-order valence-corrected chi connectivity index (χ1v) is 34.3. The summed E-state index contributed by atoms with van der Waals surface area (Å²) in [4.78, 5) is 107. The number of benzene rings is 3. The van der Waals surface area contributed by atoms with Gasteiger partial charge in [-0.25, -0.2) is 0 Å². The molecule has 4 aliphatic rings. The summed E-state index contributed by atoms with van der Waals surface area (Å²) in [6, 6.07) is 9.12. The van der Waals surface area contributed by atoms with Gasteiger partial charge in [0.05, 0.1) is 103 Å². The molecule has 3 aliphatic carbocycles. The average Bonchev–Trinajstić information content (AvgIpc) is 0.777. The van der Waals surface area contributed by atoms with Crippen LogP contribution in [0.25, 0.3) is 0 Å². The molecule has 96 heavy (non-hydrogen) atoms. The highest BCUT2D eigenvalue weighted by Gasteiger charge is 2.52. The van der Waals surface area contributed by atoms with E-state index in [1.54, 1.807) is 62.7 Å². The maximum Gasteiger partial charge on any atom is 0.245 e. The van der Waals surface area contributed by atoms with Crippen molar-refractivity contribution in [2.24, 2.45) is 35.3 Å². The summed E-state index contributed by atoms with van der Waals surface area (Å²) >= 11 is 0. The van der Waals surface area contributed by atoms with E-state index in [0.29, 0.717) is 44.2 Å². The molecule has 23 nitrogen and oxygen atoms in total. The highest BCUT2D eigenvalue weighted by atomic mass is 16.5. The molecule has 23 heteroatoms. The van der Waals surface area contributed by atoms with Gasteiger partial charge >= 0.3 is 0 Å². The lowest BCUT2D eigenvalue weighted by Gasteiger charge is -2.44. The summed E-state index contributed by atoms with van der Waals surface area (Å²) in [6.07, 6.45) is -5.32. The van der Waals surface area contributed by atoms with E-state index in [0.717, 1.165) is 0 Å². The van der Waals surface area contributed by atoms with Crippen LogP contribution in [-0.2, 0) is 44.6 Å². The summed E-state index contributed by atoms with van der Waals surface area (Å²) in [7, 11) is 7.89. The molecule has 532 valence electrons. The molecule has 7 rings (SSSR count). The van der Waals surface area contributed by atoms with Crippen molar-refractivity contribution in [3.05, 3.63) is 87.5 Å². The number of hydrogen-bond acceptors (Lipinski definition) is 19. The minimum atomic E-state index is -2.31. The fourth-order valence-electron chi connectivity index (χ4n) is 15.3. The predicted octanol–water partition coefficient (Wildman–Crippen LogP) is 6.15. The van der Waals surface area contributed by atoms with Crippen molar-refractivity contribution < 1.29 is 82.8 Å². The Morgan fingerprint density at radius 3 is 2.10 bits per heavy atom. The number of aliphatic hydroxyl groups excluding tert-OH is 3. The van der Waals surface area contributed by atoms with E-state index in [9.17, 15) is 49.5 Å². The Morgan fingerprint density at radius 2 is 1.52 bits per heavy atom. The minimum absolute atomic E-state index is 0.00256. The van der Waals surface area contributed by atoms with Gasteiger partial charge in [0.2, 0.25) is 29.4 Å². The van der Waals surface area contributed by atoms with Crippen LogP contribution in [0.15, 0.2) is 48.5 Å². The highest BCUT2D eigenvalue weighted by molar-refractivity contribution is 6.31. The Balaban J connectivity index is 1.21. The zero-order valence-corrected chi connectivity index (χ0v) is 59.1. The van der Waals surface area contributed by atoms with Gasteiger partial charge in [0.1, 0.15) is 35.5 Å². The molecule has 3 aromatic carbocycles. The number of rotatable bonds is 31. The summed E-state index contributed by atoms with van der Waals surface area (Å²) < 4.78 is 31.3. The number of phenols is 1. The van der Waals surface area contributed by atoms with Gasteiger partial charge in [-0.1, -0.05) is 90.4 Å². The molecule has 0 radical (unpaired) electrons. The number of hydrogen-bond donors (Lipinski definition) is 8. The molecule has 9 N–H and O–H groups in total. The Labute approximate surface area is 566 Å². The number of nitrogens with zero attached hydrogens (tertiary/aromatic N) is 3. The zero-order valence-electron chi connectivity index (χ0n) is 59.1. The first kappa shape index (κ1) is 76.9. The normalized spacial score (nSPS) is 23.9. The van der Waals surface area contributed by atoms with Crippen LogP contribution in [0.3, 0.4) is 0 Å². The van der Waals surface area contributed by atoms with Gasteiger partial charge in [-0.3, -0.25) is 38.5 Å². The van der Waals surface area contributed by atoms with Crippen LogP contribution in [0, 0.1) is 29.6 Å². The second kappa shape index (κ2) is 33.0. The van der Waals surface area contributed by atoms with E-state index in [1.807, 2.05) is 78.6 Å². The molecule has 10 unspecified atom stereocenters. The fraction of sp³-hybridized carbons (Fsp3) is 0.658. The van der Waals surface area contributed by atoms with Gasteiger partial charge in [0.25, 0.3) is 0 Å². The van der Waals surface area contributed by atoms with Crippen LogP contribution in [-0.4, -0.2) is 208 Å². The van der Waals surface area contributed by atoms with Crippen molar-refractivity contribution in [2.75, 3.05) is 48.6 Å². The SMILES string of the molecule is CCC(CC[C@@H]1CC(O[C@H]2C[C@](O)(C(=O)CO)Cc3c(OC(C)C)c4c(c(O)c32)C(=O)c2c(OC)cccc2C4=O)C[C@H](N)[C@@H]1O)C(C(CC(=O)N1CCCC1C(OC)C(C)C(=O)NC(C)C(O)c1ccccc1)OC)N(C)C(=O)[C@@H](NC(=O)C(C(C)C)N(C)C(C)C)C(C)C. The Kier molecular flexibility index (Phi) is 26.4. The van der Waals surface area contributed by atoms with Crippen molar-refractivity contribution in [1.29, 1.82) is 0 Å². The molecule has 4 amide bonds. The van der Waals surface area contributed by atoms with Crippen molar-refractivity contribution in [3.8, 4) is 17.2 Å². The topological polar surface area (TPSA) is 327 Å². The summed E-state index contributed by atoms with van der Waals surface area (Å²) in [5.74, 6) is -6.64. The van der Waals surface area contributed by atoms with Gasteiger partial charge in [-0.05, 0) is 115 Å². The molecule has 16 atom stereocenters. The first-order chi connectivity index (χ1) is 45.3. The van der Waals surface area contributed by atoms with Crippen LogP contribution in [0.5, 0.6) is 17.2 Å². The van der Waals surface area contributed by atoms with Crippen LogP contribution >= 0.6 is 0 Å². The van der Waals surface area contributed by atoms with E-state index < -0.39 is 151 Å². The van der Waals surface area contributed by atoms with Gasteiger partial charge < -0.3 is 75.4 Å². The maximum atomic E-state index is 15.5. The largest absolute Gasteiger partial charge is 0.507 e. The van der Waals surface area contributed by atoms with E-state index in [-0.39, 0.29) is 99.7 Å². The molecule has 1 saturated carbocycles. The number of ketones is 3. The van der Waals surface area contributed by atoms with Crippen LogP contribution < -0.4 is 25.8 Å². The third kappa shape index (κ3) is 16.3. The summed E-state index contributed by atoms with van der Waals surface area (Å²) in [6.45, 7) is 19.7. The van der Waals surface area contributed by atoms with Crippen molar-refractivity contribution >= 4 is 41.0 Å². The van der Waals surface area contributed by atoms with E-state index in [1.165, 1.54) is 33.5 Å². The van der Waals surface area contributed by atoms with Crippen molar-refractivity contribution in [1.82, 2.24) is 25.3 Å². The van der Waals surface area contributed by atoms with E-state index >= 15 is 9.59 Å². The van der Waals surface area contributed by atoms with Crippen LogP contribution in [0.2, 0.25) is 0 Å². The predicted molar refractivity (Wildman–Crippen MR) is 360 cm³/mol. The Bertz CT molecular complexity index is 3230. The summed E-state index contributed by atoms with van der Waals surface area (Å²) in [5.41, 5.74) is 4.51. The molecule has 3 aromatic rings. The van der Waals surface area contributed by atoms with E-state index in [4.69, 9.17) is 29.4 Å². The zero-order chi connectivity index (χ0) is 71.1. The molecule has 1 saturated heterocycles. The van der Waals surface area contributed by atoms with Crippen LogP contribution in [0.1, 0.15) is 195 Å². The van der Waals surface area contributed by atoms with Crippen molar-refractivity contribution in [2.45, 2.75) is 231 Å². The average molecular weight is 1340 g/mol. The highest BCUT2D eigenvalue weighted by Crippen LogP contribution is 2.54. The Hall–Kier alpha value is -6.41. The summed E-state index contributed by atoms with van der Waals surface area (Å²) in [5, 5.41) is 64.4. The lowest BCUT2D eigenvalue weighted by molar-refractivity contribution is -0.152.